The summed E-state index contributed by atoms with van der Waals surface area (Å²) in [5.74, 6) is 1.93. The van der Waals surface area contributed by atoms with Gasteiger partial charge in [0, 0.05) is 44.2 Å². The van der Waals surface area contributed by atoms with Crippen LogP contribution in [0.25, 0.3) is 10.9 Å². The molecule has 2 aromatic rings. The lowest BCUT2D eigenvalue weighted by Crippen LogP contribution is -2.44. The number of nitrogens with zero attached hydrogens (tertiary/aromatic N) is 4. The Morgan fingerprint density at radius 2 is 1.84 bits per heavy atom. The first-order valence-corrected chi connectivity index (χ1v) is 9.46. The molecule has 0 radical (unpaired) electrons. The Morgan fingerprint density at radius 3 is 2.68 bits per heavy atom. The van der Waals surface area contributed by atoms with Crippen molar-refractivity contribution in [3.05, 3.63) is 24.5 Å². The number of piperazine rings is 1. The molecule has 0 bridgehead atoms. The second-order valence-corrected chi connectivity index (χ2v) is 6.86. The second-order valence-electron chi connectivity index (χ2n) is 6.86. The predicted octanol–water partition coefficient (Wildman–Crippen LogP) is 1.90. The van der Waals surface area contributed by atoms with Crippen LogP contribution >= 0.6 is 0 Å². The molecule has 2 saturated heterocycles. The van der Waals surface area contributed by atoms with Crippen LogP contribution in [0.1, 0.15) is 19.3 Å². The van der Waals surface area contributed by atoms with Gasteiger partial charge in [-0.25, -0.2) is 9.97 Å². The minimum atomic E-state index is 0.737. The van der Waals surface area contributed by atoms with Crippen LogP contribution in [0.5, 0.6) is 5.75 Å². The lowest BCUT2D eigenvalue weighted by atomic mass is 10.1. The summed E-state index contributed by atoms with van der Waals surface area (Å²) < 4.78 is 5.98. The minimum absolute atomic E-state index is 0.737. The lowest BCUT2D eigenvalue weighted by molar-refractivity contribution is 0.183. The number of benzene rings is 1. The number of nitrogens with one attached hydrogen (secondary N) is 1. The molecule has 3 heterocycles. The largest absolute Gasteiger partial charge is 0.492 e. The summed E-state index contributed by atoms with van der Waals surface area (Å²) >= 11 is 0. The zero-order valence-electron chi connectivity index (χ0n) is 14.8. The number of likely N-dealkylation sites (tertiary alicyclic amines) is 1. The van der Waals surface area contributed by atoms with Crippen LogP contribution in [0.4, 0.5) is 5.82 Å². The first-order chi connectivity index (χ1) is 12.4. The molecule has 0 atom stereocenters. The first kappa shape index (κ1) is 16.5. The Bertz CT molecular complexity index is 695. The van der Waals surface area contributed by atoms with E-state index in [1.807, 2.05) is 12.1 Å². The molecule has 6 heteroatoms. The second kappa shape index (κ2) is 7.97. The van der Waals surface area contributed by atoms with Crippen molar-refractivity contribution in [2.45, 2.75) is 19.3 Å². The molecule has 2 fully saturated rings. The van der Waals surface area contributed by atoms with E-state index in [-0.39, 0.29) is 0 Å². The average molecular weight is 341 g/mol. The van der Waals surface area contributed by atoms with Crippen molar-refractivity contribution >= 4 is 16.7 Å². The lowest BCUT2D eigenvalue weighted by Gasteiger charge is -2.29. The maximum Gasteiger partial charge on any atom is 0.139 e. The summed E-state index contributed by atoms with van der Waals surface area (Å²) in [5.41, 5.74) is 0.957. The van der Waals surface area contributed by atoms with Gasteiger partial charge in [0.05, 0.1) is 5.52 Å². The van der Waals surface area contributed by atoms with E-state index in [1.54, 1.807) is 6.33 Å². The zero-order valence-corrected chi connectivity index (χ0v) is 14.8. The smallest absolute Gasteiger partial charge is 0.139 e. The quantitative estimate of drug-likeness (QED) is 0.896. The maximum absolute atomic E-state index is 5.98. The highest BCUT2D eigenvalue weighted by molar-refractivity contribution is 5.90. The molecule has 1 N–H and O–H groups in total. The van der Waals surface area contributed by atoms with Crippen LogP contribution in [-0.2, 0) is 0 Å². The van der Waals surface area contributed by atoms with Crippen LogP contribution in [0.3, 0.4) is 0 Å². The van der Waals surface area contributed by atoms with Gasteiger partial charge in [-0.1, -0.05) is 6.42 Å². The summed E-state index contributed by atoms with van der Waals surface area (Å²) in [6, 6.07) is 6.19. The van der Waals surface area contributed by atoms with Crippen molar-refractivity contribution < 1.29 is 4.74 Å². The highest BCUT2D eigenvalue weighted by Gasteiger charge is 2.15. The molecule has 0 unspecified atom stereocenters. The van der Waals surface area contributed by atoms with Gasteiger partial charge in [0.15, 0.2) is 0 Å². The van der Waals surface area contributed by atoms with Crippen molar-refractivity contribution in [3.63, 3.8) is 0 Å². The predicted molar refractivity (Wildman–Crippen MR) is 100 cm³/mol. The van der Waals surface area contributed by atoms with E-state index in [0.29, 0.717) is 0 Å². The Labute approximate surface area is 149 Å². The van der Waals surface area contributed by atoms with E-state index in [2.05, 4.69) is 31.2 Å². The van der Waals surface area contributed by atoms with E-state index in [1.165, 1.54) is 32.4 Å². The molecule has 1 aromatic heterocycles. The third-order valence-corrected chi connectivity index (χ3v) is 5.13. The molecule has 25 heavy (non-hydrogen) atoms. The number of hydrogen-bond donors (Lipinski definition) is 1. The summed E-state index contributed by atoms with van der Waals surface area (Å²) in [6.07, 6.45) is 5.68. The van der Waals surface area contributed by atoms with E-state index >= 15 is 0 Å². The van der Waals surface area contributed by atoms with Gasteiger partial charge in [-0.3, -0.25) is 4.90 Å². The number of piperidine rings is 1. The molecule has 4 rings (SSSR count). The van der Waals surface area contributed by atoms with Crippen molar-refractivity contribution in [3.8, 4) is 5.75 Å². The topological polar surface area (TPSA) is 53.5 Å². The molecule has 2 aliphatic heterocycles. The molecule has 0 saturated carbocycles. The van der Waals surface area contributed by atoms with Crippen molar-refractivity contribution in [2.75, 3.05) is 57.3 Å². The number of hydrogen-bond acceptors (Lipinski definition) is 6. The average Bonchev–Trinajstić information content (AvgIpc) is 2.69. The van der Waals surface area contributed by atoms with Crippen LogP contribution < -0.4 is 15.0 Å². The van der Waals surface area contributed by atoms with Crippen molar-refractivity contribution in [1.29, 1.82) is 0 Å². The van der Waals surface area contributed by atoms with Gasteiger partial charge in [0.25, 0.3) is 0 Å². The van der Waals surface area contributed by atoms with Crippen LogP contribution in [-0.4, -0.2) is 67.3 Å². The van der Waals surface area contributed by atoms with Gasteiger partial charge in [-0.2, -0.15) is 0 Å². The third kappa shape index (κ3) is 4.02. The number of ether oxygens (including phenoxy) is 1. The van der Waals surface area contributed by atoms with E-state index < -0.39 is 0 Å². The Balaban J connectivity index is 1.43. The highest BCUT2D eigenvalue weighted by Crippen LogP contribution is 2.26. The van der Waals surface area contributed by atoms with E-state index in [9.17, 15) is 0 Å². The molecule has 6 nitrogen and oxygen atoms in total. The Hall–Kier alpha value is -1.92. The Morgan fingerprint density at radius 1 is 1.00 bits per heavy atom. The van der Waals surface area contributed by atoms with Gasteiger partial charge in [0.1, 0.15) is 24.5 Å². The summed E-state index contributed by atoms with van der Waals surface area (Å²) in [6.45, 7) is 8.15. The van der Waals surface area contributed by atoms with Crippen molar-refractivity contribution in [1.82, 2.24) is 20.2 Å². The first-order valence-electron chi connectivity index (χ1n) is 9.46. The summed E-state index contributed by atoms with van der Waals surface area (Å²) in [7, 11) is 0. The normalized spacial score (nSPS) is 19.3. The molecular formula is C19H27N5O. The van der Waals surface area contributed by atoms with Gasteiger partial charge in [-0.15, -0.1) is 0 Å². The molecular weight excluding hydrogens is 314 g/mol. The summed E-state index contributed by atoms with van der Waals surface area (Å²) in [4.78, 5) is 13.8. The van der Waals surface area contributed by atoms with Crippen molar-refractivity contribution in [2.24, 2.45) is 0 Å². The van der Waals surface area contributed by atoms with E-state index in [4.69, 9.17) is 4.74 Å². The fourth-order valence-electron chi connectivity index (χ4n) is 3.72. The highest BCUT2D eigenvalue weighted by atomic mass is 16.5. The number of anilines is 1. The van der Waals surface area contributed by atoms with Crippen LogP contribution in [0.2, 0.25) is 0 Å². The molecule has 0 amide bonds. The van der Waals surface area contributed by atoms with Crippen LogP contribution in [0, 0.1) is 0 Å². The monoisotopic (exact) mass is 341 g/mol. The summed E-state index contributed by atoms with van der Waals surface area (Å²) in [5, 5.41) is 4.49. The van der Waals surface area contributed by atoms with Gasteiger partial charge in [0.2, 0.25) is 0 Å². The third-order valence-electron chi connectivity index (χ3n) is 5.13. The maximum atomic E-state index is 5.98. The molecule has 0 aliphatic carbocycles. The molecule has 2 aliphatic rings. The Kier molecular flexibility index (Phi) is 5.28. The number of fused-ring (bicyclic) bond motifs is 1. The number of rotatable bonds is 5. The van der Waals surface area contributed by atoms with Crippen LogP contribution in [0.15, 0.2) is 24.5 Å². The minimum Gasteiger partial charge on any atom is -0.492 e. The van der Waals surface area contributed by atoms with Gasteiger partial charge >= 0.3 is 0 Å². The molecule has 134 valence electrons. The van der Waals surface area contributed by atoms with Gasteiger partial charge in [-0.05, 0) is 38.1 Å². The molecule has 1 aromatic carbocycles. The standard InChI is InChI=1S/C19H27N5O/c1-2-8-23(9-3-1)12-13-25-16-4-5-17-18(14-16)21-15-22-19(17)24-10-6-20-7-11-24/h4-5,14-15,20H,1-3,6-13H2. The fraction of sp³-hybridized carbons (Fsp3) is 0.579. The molecule has 0 spiro atoms. The van der Waals surface area contributed by atoms with Gasteiger partial charge < -0.3 is 15.0 Å². The zero-order chi connectivity index (χ0) is 16.9. The van der Waals surface area contributed by atoms with E-state index in [0.717, 1.165) is 61.8 Å². The SMILES string of the molecule is c1nc(N2CCNCC2)c2ccc(OCCN3CCCCC3)cc2n1. The fourth-order valence-corrected chi connectivity index (χ4v) is 3.72. The number of aromatic nitrogens is 2.